The quantitative estimate of drug-likeness (QED) is 0.899. The molecule has 0 saturated heterocycles. The minimum atomic E-state index is -2.52. The first-order valence-corrected chi connectivity index (χ1v) is 6.98. The van der Waals surface area contributed by atoms with Gasteiger partial charge in [-0.15, -0.1) is 0 Å². The molecule has 1 amide bonds. The van der Waals surface area contributed by atoms with Gasteiger partial charge in [-0.2, -0.15) is 0 Å². The van der Waals surface area contributed by atoms with Gasteiger partial charge in [-0.05, 0) is 30.4 Å². The molecule has 110 valence electrons. The number of fused-ring (bicyclic) bond motifs is 1. The highest BCUT2D eigenvalue weighted by Gasteiger charge is 2.30. The number of hydrogen-bond acceptors (Lipinski definition) is 2. The number of nitrogens with two attached hydrogens (primary N) is 1. The Kier molecular flexibility index (Phi) is 5.06. The lowest BCUT2D eigenvalue weighted by atomic mass is 9.82. The van der Waals surface area contributed by atoms with Gasteiger partial charge in [0.25, 0.3) is 6.43 Å². The topological polar surface area (TPSA) is 46.3 Å². The second-order valence-corrected chi connectivity index (χ2v) is 5.11. The number of benzene rings is 1. The fraction of sp³-hybridized carbons (Fsp3) is 0.533. The second kappa shape index (κ2) is 6.79. The summed E-state index contributed by atoms with van der Waals surface area (Å²) >= 11 is 0. The predicted octanol–water partition coefficient (Wildman–Crippen LogP) is 2.16. The van der Waals surface area contributed by atoms with Crippen LogP contribution in [0.3, 0.4) is 0 Å². The minimum Gasteiger partial charge on any atom is -0.335 e. The Morgan fingerprint density at radius 3 is 2.85 bits per heavy atom. The third kappa shape index (κ3) is 3.33. The van der Waals surface area contributed by atoms with E-state index in [4.69, 9.17) is 5.73 Å². The van der Waals surface area contributed by atoms with E-state index >= 15 is 0 Å². The lowest BCUT2D eigenvalue weighted by molar-refractivity contribution is -0.135. The number of alkyl halides is 2. The van der Waals surface area contributed by atoms with E-state index < -0.39 is 13.0 Å². The van der Waals surface area contributed by atoms with Crippen LogP contribution in [-0.4, -0.2) is 36.9 Å². The molecular formula is C15H20F2N2O. The van der Waals surface area contributed by atoms with E-state index in [1.807, 2.05) is 24.3 Å². The highest BCUT2D eigenvalue weighted by Crippen LogP contribution is 2.32. The summed E-state index contributed by atoms with van der Waals surface area (Å²) in [4.78, 5) is 13.7. The number of carbonyl (C=O) groups excluding carboxylic acids is 1. The van der Waals surface area contributed by atoms with Crippen molar-refractivity contribution in [3.05, 3.63) is 35.4 Å². The molecule has 0 fully saturated rings. The zero-order valence-corrected chi connectivity index (χ0v) is 11.4. The zero-order valence-electron chi connectivity index (χ0n) is 11.4. The van der Waals surface area contributed by atoms with Crippen LogP contribution in [0.2, 0.25) is 0 Å². The van der Waals surface area contributed by atoms with Crippen LogP contribution in [0.4, 0.5) is 8.78 Å². The maximum atomic E-state index is 12.6. The van der Waals surface area contributed by atoms with Crippen LogP contribution < -0.4 is 5.73 Å². The summed E-state index contributed by atoms with van der Waals surface area (Å²) in [5.41, 5.74) is 7.57. The summed E-state index contributed by atoms with van der Waals surface area (Å²) in [6, 6.07) is 7.78. The SMILES string of the molecule is NCCN(CC(F)F)C(=O)C1CCCc2ccccc21. The molecule has 1 aliphatic carbocycles. The molecule has 0 aromatic heterocycles. The first kappa shape index (κ1) is 14.9. The summed E-state index contributed by atoms with van der Waals surface area (Å²) < 4.78 is 25.2. The summed E-state index contributed by atoms with van der Waals surface area (Å²) in [7, 11) is 0. The van der Waals surface area contributed by atoms with Gasteiger partial charge in [-0.3, -0.25) is 4.79 Å². The Labute approximate surface area is 117 Å². The van der Waals surface area contributed by atoms with Crippen LogP contribution >= 0.6 is 0 Å². The van der Waals surface area contributed by atoms with E-state index in [1.165, 1.54) is 4.90 Å². The molecule has 20 heavy (non-hydrogen) atoms. The number of hydrogen-bond donors (Lipinski definition) is 1. The van der Waals surface area contributed by atoms with Crippen LogP contribution in [0, 0.1) is 0 Å². The van der Waals surface area contributed by atoms with E-state index in [9.17, 15) is 13.6 Å². The van der Waals surface area contributed by atoms with Crippen molar-refractivity contribution in [2.24, 2.45) is 5.73 Å². The number of halogens is 2. The normalized spacial score (nSPS) is 17.9. The fourth-order valence-corrected chi connectivity index (χ4v) is 2.84. The van der Waals surface area contributed by atoms with Crippen molar-refractivity contribution in [2.75, 3.05) is 19.6 Å². The van der Waals surface area contributed by atoms with Gasteiger partial charge in [-0.25, -0.2) is 8.78 Å². The van der Waals surface area contributed by atoms with Gasteiger partial charge in [0.2, 0.25) is 5.91 Å². The van der Waals surface area contributed by atoms with Crippen LogP contribution in [-0.2, 0) is 11.2 Å². The van der Waals surface area contributed by atoms with Crippen molar-refractivity contribution in [2.45, 2.75) is 31.6 Å². The zero-order chi connectivity index (χ0) is 14.5. The Morgan fingerprint density at radius 1 is 1.40 bits per heavy atom. The van der Waals surface area contributed by atoms with E-state index in [0.29, 0.717) is 0 Å². The Balaban J connectivity index is 2.19. The van der Waals surface area contributed by atoms with E-state index in [-0.39, 0.29) is 24.9 Å². The number of nitrogens with zero attached hydrogens (tertiary/aromatic N) is 1. The Bertz CT molecular complexity index is 465. The third-order valence-electron chi connectivity index (χ3n) is 3.74. The number of carbonyl (C=O) groups is 1. The predicted molar refractivity (Wildman–Crippen MR) is 73.8 cm³/mol. The summed E-state index contributed by atoms with van der Waals surface area (Å²) in [6.45, 7) is -0.149. The third-order valence-corrected chi connectivity index (χ3v) is 3.74. The molecule has 0 saturated carbocycles. The Hall–Kier alpha value is -1.49. The van der Waals surface area contributed by atoms with Crippen LogP contribution in [0.1, 0.15) is 29.9 Å². The van der Waals surface area contributed by atoms with Gasteiger partial charge in [0, 0.05) is 13.1 Å². The average molecular weight is 282 g/mol. The lowest BCUT2D eigenvalue weighted by Gasteiger charge is -2.30. The highest BCUT2D eigenvalue weighted by molar-refractivity contribution is 5.84. The molecular weight excluding hydrogens is 262 g/mol. The first-order chi connectivity index (χ1) is 9.63. The van der Waals surface area contributed by atoms with E-state index in [1.54, 1.807) is 0 Å². The molecule has 2 rings (SSSR count). The summed E-state index contributed by atoms with van der Waals surface area (Å²) in [5.74, 6) is -0.520. The molecule has 0 spiro atoms. The monoisotopic (exact) mass is 282 g/mol. The number of aryl methyl sites for hydroxylation is 1. The van der Waals surface area contributed by atoms with E-state index in [0.717, 1.165) is 30.4 Å². The average Bonchev–Trinajstić information content (AvgIpc) is 2.45. The second-order valence-electron chi connectivity index (χ2n) is 5.11. The molecule has 1 aromatic rings. The molecule has 2 N–H and O–H groups in total. The van der Waals surface area contributed by atoms with Gasteiger partial charge >= 0.3 is 0 Å². The lowest BCUT2D eigenvalue weighted by Crippen LogP contribution is -2.42. The van der Waals surface area contributed by atoms with Crippen molar-refractivity contribution < 1.29 is 13.6 Å². The van der Waals surface area contributed by atoms with Crippen molar-refractivity contribution >= 4 is 5.91 Å². The molecule has 1 unspecified atom stereocenters. The van der Waals surface area contributed by atoms with Crippen LogP contribution in [0.5, 0.6) is 0 Å². The molecule has 1 atom stereocenters. The first-order valence-electron chi connectivity index (χ1n) is 6.98. The van der Waals surface area contributed by atoms with Crippen molar-refractivity contribution in [1.82, 2.24) is 4.90 Å². The molecule has 0 bridgehead atoms. The van der Waals surface area contributed by atoms with Crippen molar-refractivity contribution in [3.8, 4) is 0 Å². The maximum Gasteiger partial charge on any atom is 0.255 e. The summed E-state index contributed by atoms with van der Waals surface area (Å²) in [5, 5.41) is 0. The molecule has 0 radical (unpaired) electrons. The molecule has 1 aromatic carbocycles. The molecule has 3 nitrogen and oxygen atoms in total. The van der Waals surface area contributed by atoms with E-state index in [2.05, 4.69) is 0 Å². The number of rotatable bonds is 5. The van der Waals surface area contributed by atoms with Gasteiger partial charge in [-0.1, -0.05) is 24.3 Å². The smallest absolute Gasteiger partial charge is 0.255 e. The van der Waals surface area contributed by atoms with Gasteiger partial charge in [0.1, 0.15) is 0 Å². The molecule has 0 heterocycles. The minimum absolute atomic E-state index is 0.182. The van der Waals surface area contributed by atoms with Gasteiger partial charge < -0.3 is 10.6 Å². The maximum absolute atomic E-state index is 12.6. The molecule has 5 heteroatoms. The largest absolute Gasteiger partial charge is 0.335 e. The van der Waals surface area contributed by atoms with Crippen molar-refractivity contribution in [1.29, 1.82) is 0 Å². The summed E-state index contributed by atoms with van der Waals surface area (Å²) in [6.07, 6.45) is 0.0639. The van der Waals surface area contributed by atoms with Gasteiger partial charge in [0.05, 0.1) is 12.5 Å². The van der Waals surface area contributed by atoms with Gasteiger partial charge in [0.15, 0.2) is 0 Å². The fourth-order valence-electron chi connectivity index (χ4n) is 2.84. The Morgan fingerprint density at radius 2 is 2.15 bits per heavy atom. The number of amides is 1. The molecule has 1 aliphatic rings. The molecule has 0 aliphatic heterocycles. The van der Waals surface area contributed by atoms with Crippen molar-refractivity contribution in [3.63, 3.8) is 0 Å². The van der Waals surface area contributed by atoms with Crippen LogP contribution in [0.15, 0.2) is 24.3 Å². The highest BCUT2D eigenvalue weighted by atomic mass is 19.3. The standard InChI is InChI=1S/C15H20F2N2O/c16-14(17)10-19(9-8-18)15(20)13-7-3-5-11-4-1-2-6-12(11)13/h1-2,4,6,13-14H,3,5,7-10,18H2. The van der Waals surface area contributed by atoms with Crippen LogP contribution in [0.25, 0.3) is 0 Å².